The van der Waals surface area contributed by atoms with Crippen molar-refractivity contribution in [3.8, 4) is 0 Å². The summed E-state index contributed by atoms with van der Waals surface area (Å²) in [6.45, 7) is 5.25. The summed E-state index contributed by atoms with van der Waals surface area (Å²) in [4.78, 5) is 26.4. The van der Waals surface area contributed by atoms with Crippen molar-refractivity contribution in [2.24, 2.45) is 0 Å². The largest absolute Gasteiger partial charge is 0.447 e. The van der Waals surface area contributed by atoms with Crippen LogP contribution < -0.4 is 4.90 Å². The third kappa shape index (κ3) is 2.84. The number of para-hydroxylation sites is 1. The lowest BCUT2D eigenvalue weighted by molar-refractivity contribution is -0.126. The Balaban J connectivity index is 1.74. The summed E-state index contributed by atoms with van der Waals surface area (Å²) in [5.74, 6) is -0.935. The van der Waals surface area contributed by atoms with Crippen LogP contribution in [0.1, 0.15) is 35.7 Å². The third-order valence-corrected chi connectivity index (χ3v) is 3.91. The number of benzene rings is 1. The van der Waals surface area contributed by atoms with Crippen LogP contribution in [0, 0.1) is 6.92 Å². The summed E-state index contributed by atoms with van der Waals surface area (Å²) in [6.07, 6.45) is -0.106. The molecule has 0 fully saturated rings. The maximum Gasteiger partial charge on any atom is 0.377 e. The molecule has 0 saturated heterocycles. The average Bonchev–Trinajstić information content (AvgIpc) is 3.09. The number of hydrogen-bond acceptors (Lipinski definition) is 5. The Hall–Kier alpha value is -2.63. The van der Waals surface area contributed by atoms with E-state index in [-0.39, 0.29) is 17.7 Å². The maximum absolute atomic E-state index is 12.7. The molecule has 1 aromatic heterocycles. The van der Waals surface area contributed by atoms with Gasteiger partial charge in [0.1, 0.15) is 0 Å². The van der Waals surface area contributed by atoms with Crippen LogP contribution in [0.3, 0.4) is 0 Å². The molecule has 0 unspecified atom stereocenters. The first kappa shape index (κ1) is 15.3. The zero-order chi connectivity index (χ0) is 16.6. The van der Waals surface area contributed by atoms with Gasteiger partial charge in [-0.2, -0.15) is 0 Å². The molecule has 6 heteroatoms. The highest BCUT2D eigenvalue weighted by atomic mass is 16.6. The molecular formula is C17H18N2O4. The van der Waals surface area contributed by atoms with Crippen LogP contribution in [0.2, 0.25) is 0 Å². The second-order valence-electron chi connectivity index (χ2n) is 5.77. The highest BCUT2D eigenvalue weighted by Gasteiger charge is 2.34. The van der Waals surface area contributed by atoms with E-state index in [4.69, 9.17) is 9.26 Å². The molecule has 1 amide bonds. The Morgan fingerprint density at radius 1 is 1.39 bits per heavy atom. The molecule has 0 spiro atoms. The average molecular weight is 314 g/mol. The number of anilines is 1. The smallest absolute Gasteiger partial charge is 0.377 e. The molecule has 0 bridgehead atoms. The second kappa shape index (κ2) is 5.87. The fourth-order valence-corrected chi connectivity index (χ4v) is 2.83. The third-order valence-electron chi connectivity index (χ3n) is 3.91. The van der Waals surface area contributed by atoms with Crippen LogP contribution in [0.5, 0.6) is 0 Å². The van der Waals surface area contributed by atoms with Crippen LogP contribution >= 0.6 is 0 Å². The number of aromatic nitrogens is 1. The molecule has 2 atom stereocenters. The van der Waals surface area contributed by atoms with E-state index >= 15 is 0 Å². The minimum Gasteiger partial charge on any atom is -0.447 e. The molecular weight excluding hydrogens is 296 g/mol. The number of aryl methyl sites for hydroxylation is 1. The quantitative estimate of drug-likeness (QED) is 0.814. The fourth-order valence-electron chi connectivity index (χ4n) is 2.83. The Morgan fingerprint density at radius 2 is 2.13 bits per heavy atom. The highest BCUT2D eigenvalue weighted by molar-refractivity contribution is 6.00. The second-order valence-corrected chi connectivity index (χ2v) is 5.77. The van der Waals surface area contributed by atoms with Gasteiger partial charge in [-0.1, -0.05) is 23.4 Å². The van der Waals surface area contributed by atoms with Crippen LogP contribution in [0.15, 0.2) is 34.9 Å². The Labute approximate surface area is 134 Å². The number of amides is 1. The molecule has 6 nitrogen and oxygen atoms in total. The van der Waals surface area contributed by atoms with Gasteiger partial charge in [-0.15, -0.1) is 0 Å². The predicted octanol–water partition coefficient (Wildman–Crippen LogP) is 2.51. The normalized spacial score (nSPS) is 17.7. The first-order valence-corrected chi connectivity index (χ1v) is 7.52. The highest BCUT2D eigenvalue weighted by Crippen LogP contribution is 2.32. The zero-order valence-electron chi connectivity index (χ0n) is 13.3. The number of esters is 1. The Kier molecular flexibility index (Phi) is 3.90. The number of fused-ring (bicyclic) bond motifs is 1. The van der Waals surface area contributed by atoms with Crippen molar-refractivity contribution < 1.29 is 18.8 Å². The first-order chi connectivity index (χ1) is 11.0. The topological polar surface area (TPSA) is 72.6 Å². The van der Waals surface area contributed by atoms with Gasteiger partial charge in [0.2, 0.25) is 5.76 Å². The predicted molar refractivity (Wildman–Crippen MR) is 83.2 cm³/mol. The molecule has 1 aliphatic heterocycles. The van der Waals surface area contributed by atoms with Gasteiger partial charge >= 0.3 is 5.97 Å². The summed E-state index contributed by atoms with van der Waals surface area (Å²) in [5, 5.41) is 3.64. The van der Waals surface area contributed by atoms with E-state index in [9.17, 15) is 9.59 Å². The van der Waals surface area contributed by atoms with E-state index in [0.717, 1.165) is 17.7 Å². The minimum absolute atomic E-state index is 0.00276. The van der Waals surface area contributed by atoms with Gasteiger partial charge in [-0.3, -0.25) is 4.79 Å². The number of carbonyl (C=O) groups excluding carboxylic acids is 2. The van der Waals surface area contributed by atoms with Crippen LogP contribution in [0.4, 0.5) is 5.69 Å². The summed E-state index contributed by atoms with van der Waals surface area (Å²) in [5.41, 5.74) is 2.58. The molecule has 23 heavy (non-hydrogen) atoms. The lowest BCUT2D eigenvalue weighted by Crippen LogP contribution is -2.43. The summed E-state index contributed by atoms with van der Waals surface area (Å²) >= 11 is 0. The molecule has 0 saturated carbocycles. The van der Waals surface area contributed by atoms with Crippen molar-refractivity contribution in [2.45, 2.75) is 39.3 Å². The summed E-state index contributed by atoms with van der Waals surface area (Å²) < 4.78 is 10.1. The van der Waals surface area contributed by atoms with Gasteiger partial charge in [-0.05, 0) is 38.8 Å². The van der Waals surface area contributed by atoms with Crippen LogP contribution in [-0.4, -0.2) is 29.2 Å². The van der Waals surface area contributed by atoms with E-state index in [2.05, 4.69) is 5.16 Å². The van der Waals surface area contributed by atoms with Gasteiger partial charge < -0.3 is 14.2 Å². The van der Waals surface area contributed by atoms with E-state index in [1.807, 2.05) is 31.2 Å². The molecule has 0 radical (unpaired) electrons. The number of ether oxygens (including phenoxy) is 1. The van der Waals surface area contributed by atoms with E-state index in [1.54, 1.807) is 18.7 Å². The molecule has 2 aromatic rings. The van der Waals surface area contributed by atoms with E-state index in [1.165, 1.54) is 6.07 Å². The van der Waals surface area contributed by atoms with Crippen molar-refractivity contribution in [3.05, 3.63) is 47.3 Å². The SMILES string of the molecule is Cc1cc(C(=O)O[C@H](C)C(=O)N2c3ccccc3C[C@@H]2C)on1. The number of rotatable bonds is 3. The summed E-state index contributed by atoms with van der Waals surface area (Å²) in [7, 11) is 0. The molecule has 0 N–H and O–H groups in total. The van der Waals surface area contributed by atoms with Crippen molar-refractivity contribution >= 4 is 17.6 Å². The van der Waals surface area contributed by atoms with Gasteiger partial charge in [0, 0.05) is 17.8 Å². The first-order valence-electron chi connectivity index (χ1n) is 7.52. The molecule has 1 aromatic carbocycles. The number of nitrogens with zero attached hydrogens (tertiary/aromatic N) is 2. The van der Waals surface area contributed by atoms with Crippen LogP contribution in [0.25, 0.3) is 0 Å². The van der Waals surface area contributed by atoms with Crippen molar-refractivity contribution in [1.82, 2.24) is 5.16 Å². The molecule has 3 rings (SSSR count). The van der Waals surface area contributed by atoms with Crippen molar-refractivity contribution in [3.63, 3.8) is 0 Å². The van der Waals surface area contributed by atoms with E-state index < -0.39 is 12.1 Å². The van der Waals surface area contributed by atoms with Gasteiger partial charge in [0.25, 0.3) is 5.91 Å². The molecule has 1 aliphatic rings. The number of hydrogen-bond donors (Lipinski definition) is 0. The molecule has 2 heterocycles. The van der Waals surface area contributed by atoms with Crippen LogP contribution in [-0.2, 0) is 16.0 Å². The van der Waals surface area contributed by atoms with E-state index in [0.29, 0.717) is 5.69 Å². The monoisotopic (exact) mass is 314 g/mol. The minimum atomic E-state index is -0.901. The number of carbonyl (C=O) groups is 2. The molecule has 120 valence electrons. The molecule has 0 aliphatic carbocycles. The Morgan fingerprint density at radius 3 is 2.83 bits per heavy atom. The Bertz CT molecular complexity index is 753. The van der Waals surface area contributed by atoms with Crippen molar-refractivity contribution in [1.29, 1.82) is 0 Å². The van der Waals surface area contributed by atoms with Gasteiger partial charge in [0.05, 0.1) is 5.69 Å². The zero-order valence-corrected chi connectivity index (χ0v) is 13.3. The lowest BCUT2D eigenvalue weighted by Gasteiger charge is -2.25. The lowest BCUT2D eigenvalue weighted by atomic mass is 10.1. The maximum atomic E-state index is 12.7. The summed E-state index contributed by atoms with van der Waals surface area (Å²) in [6, 6.07) is 9.28. The standard InChI is InChI=1S/C17H18N2O4/c1-10-8-15(23-18-10)17(21)22-12(3)16(20)19-11(2)9-13-6-4-5-7-14(13)19/h4-8,11-12H,9H2,1-3H3/t11-,12+/m0/s1. The van der Waals surface area contributed by atoms with Crippen molar-refractivity contribution in [2.75, 3.05) is 4.90 Å². The fraction of sp³-hybridized carbons (Fsp3) is 0.353. The van der Waals surface area contributed by atoms with Gasteiger partial charge in [0.15, 0.2) is 6.10 Å². The van der Waals surface area contributed by atoms with Gasteiger partial charge in [-0.25, -0.2) is 4.79 Å².